The highest BCUT2D eigenvalue weighted by molar-refractivity contribution is 5.40. The first-order valence-electron chi connectivity index (χ1n) is 6.51. The summed E-state index contributed by atoms with van der Waals surface area (Å²) in [4.78, 5) is 0. The molecule has 20 heavy (non-hydrogen) atoms. The Morgan fingerprint density at radius 2 is 1.95 bits per heavy atom. The standard InChI is InChI=1S/C16H14F2O2/c17-10-5-6-13(14(18)9-10)16(19)12-7-8-20-15-4-2-1-3-11(12)15/h1-6,9,12,16,19H,7-8H2. The largest absolute Gasteiger partial charge is 0.493 e. The topological polar surface area (TPSA) is 29.5 Å². The van der Waals surface area contributed by atoms with Crippen molar-refractivity contribution in [1.82, 2.24) is 0 Å². The van der Waals surface area contributed by atoms with Crippen molar-refractivity contribution in [2.45, 2.75) is 18.4 Å². The van der Waals surface area contributed by atoms with E-state index in [1.165, 1.54) is 6.07 Å². The summed E-state index contributed by atoms with van der Waals surface area (Å²) in [7, 11) is 0. The van der Waals surface area contributed by atoms with Gasteiger partial charge in [0, 0.05) is 23.1 Å². The summed E-state index contributed by atoms with van der Waals surface area (Å²) in [6.45, 7) is 0.474. The summed E-state index contributed by atoms with van der Waals surface area (Å²) in [5, 5.41) is 10.4. The average molecular weight is 276 g/mol. The van der Waals surface area contributed by atoms with Crippen LogP contribution in [0.4, 0.5) is 8.78 Å². The molecule has 2 aromatic rings. The van der Waals surface area contributed by atoms with Crippen LogP contribution in [0.3, 0.4) is 0 Å². The van der Waals surface area contributed by atoms with Crippen LogP contribution in [0.5, 0.6) is 5.75 Å². The van der Waals surface area contributed by atoms with E-state index >= 15 is 0 Å². The maximum Gasteiger partial charge on any atom is 0.131 e. The monoisotopic (exact) mass is 276 g/mol. The fourth-order valence-corrected chi connectivity index (χ4v) is 2.66. The van der Waals surface area contributed by atoms with Gasteiger partial charge in [-0.25, -0.2) is 8.78 Å². The molecule has 2 atom stereocenters. The molecule has 2 unspecified atom stereocenters. The first-order valence-corrected chi connectivity index (χ1v) is 6.51. The SMILES string of the molecule is OC(c1ccc(F)cc1F)C1CCOc2ccccc21. The molecule has 1 aliphatic heterocycles. The van der Waals surface area contributed by atoms with E-state index in [-0.39, 0.29) is 11.5 Å². The zero-order valence-electron chi connectivity index (χ0n) is 10.7. The van der Waals surface area contributed by atoms with Gasteiger partial charge >= 0.3 is 0 Å². The minimum Gasteiger partial charge on any atom is -0.493 e. The summed E-state index contributed by atoms with van der Waals surface area (Å²) < 4.78 is 32.3. The Morgan fingerprint density at radius 1 is 1.15 bits per heavy atom. The van der Waals surface area contributed by atoms with Crippen molar-refractivity contribution >= 4 is 0 Å². The van der Waals surface area contributed by atoms with Crippen LogP contribution in [0, 0.1) is 11.6 Å². The molecule has 104 valence electrons. The second kappa shape index (κ2) is 5.21. The fourth-order valence-electron chi connectivity index (χ4n) is 2.66. The molecule has 1 heterocycles. The first kappa shape index (κ1) is 13.1. The zero-order valence-corrected chi connectivity index (χ0v) is 10.7. The summed E-state index contributed by atoms with van der Waals surface area (Å²) >= 11 is 0. The van der Waals surface area contributed by atoms with Gasteiger partial charge in [-0.1, -0.05) is 24.3 Å². The van der Waals surface area contributed by atoms with E-state index in [1.54, 1.807) is 0 Å². The number of benzene rings is 2. The number of hydrogen-bond donors (Lipinski definition) is 1. The van der Waals surface area contributed by atoms with Gasteiger partial charge in [0.2, 0.25) is 0 Å². The molecule has 0 bridgehead atoms. The van der Waals surface area contributed by atoms with Gasteiger partial charge in [-0.05, 0) is 18.6 Å². The minimum atomic E-state index is -1.01. The Bertz CT molecular complexity index is 628. The summed E-state index contributed by atoms with van der Waals surface area (Å²) in [5.74, 6) is -0.905. The summed E-state index contributed by atoms with van der Waals surface area (Å²) in [5.41, 5.74) is 0.975. The molecule has 0 amide bonds. The van der Waals surface area contributed by atoms with Gasteiger partial charge in [-0.15, -0.1) is 0 Å². The number of aliphatic hydroxyl groups is 1. The highest BCUT2D eigenvalue weighted by atomic mass is 19.1. The van der Waals surface area contributed by atoms with Gasteiger partial charge in [0.1, 0.15) is 17.4 Å². The van der Waals surface area contributed by atoms with E-state index in [2.05, 4.69) is 0 Å². The lowest BCUT2D eigenvalue weighted by atomic mass is 9.85. The van der Waals surface area contributed by atoms with Crippen LogP contribution in [0.15, 0.2) is 42.5 Å². The van der Waals surface area contributed by atoms with Crippen LogP contribution in [0.1, 0.15) is 29.6 Å². The predicted octanol–water partition coefficient (Wildman–Crippen LogP) is 3.56. The molecular weight excluding hydrogens is 262 g/mol. The van der Waals surface area contributed by atoms with Crippen molar-refractivity contribution in [3.8, 4) is 5.75 Å². The molecule has 4 heteroatoms. The lowest BCUT2D eigenvalue weighted by Gasteiger charge is -2.29. The third kappa shape index (κ3) is 2.27. The molecule has 1 N–H and O–H groups in total. The van der Waals surface area contributed by atoms with Crippen LogP contribution in [0.2, 0.25) is 0 Å². The molecule has 0 aliphatic carbocycles. The van der Waals surface area contributed by atoms with E-state index in [0.717, 1.165) is 17.7 Å². The van der Waals surface area contributed by atoms with Gasteiger partial charge < -0.3 is 9.84 Å². The molecule has 3 rings (SSSR count). The molecule has 0 saturated heterocycles. The van der Waals surface area contributed by atoms with E-state index < -0.39 is 17.7 Å². The predicted molar refractivity (Wildman–Crippen MR) is 70.6 cm³/mol. The highest BCUT2D eigenvalue weighted by Gasteiger charge is 2.30. The molecular formula is C16H14F2O2. The number of hydrogen-bond acceptors (Lipinski definition) is 2. The Morgan fingerprint density at radius 3 is 2.75 bits per heavy atom. The number of fused-ring (bicyclic) bond motifs is 1. The molecule has 0 fully saturated rings. The fraction of sp³-hybridized carbons (Fsp3) is 0.250. The number of halogens is 2. The van der Waals surface area contributed by atoms with E-state index in [4.69, 9.17) is 4.74 Å². The molecule has 0 saturated carbocycles. The average Bonchev–Trinajstić information content (AvgIpc) is 2.46. The van der Waals surface area contributed by atoms with Gasteiger partial charge in [0.15, 0.2) is 0 Å². The minimum absolute atomic E-state index is 0.119. The first-order chi connectivity index (χ1) is 9.66. The quantitative estimate of drug-likeness (QED) is 0.908. The zero-order chi connectivity index (χ0) is 14.1. The number of aliphatic hydroxyl groups excluding tert-OH is 1. The number of ether oxygens (including phenoxy) is 1. The number of rotatable bonds is 2. The van der Waals surface area contributed by atoms with Gasteiger partial charge in [0.25, 0.3) is 0 Å². The Kier molecular flexibility index (Phi) is 3.40. The molecule has 1 aliphatic rings. The van der Waals surface area contributed by atoms with Crippen molar-refractivity contribution < 1.29 is 18.6 Å². The lowest BCUT2D eigenvalue weighted by Crippen LogP contribution is -2.20. The van der Waals surface area contributed by atoms with E-state index in [0.29, 0.717) is 18.8 Å². The van der Waals surface area contributed by atoms with Crippen LogP contribution >= 0.6 is 0 Å². The third-order valence-corrected chi connectivity index (χ3v) is 3.67. The van der Waals surface area contributed by atoms with Crippen LogP contribution in [0.25, 0.3) is 0 Å². The Hall–Kier alpha value is -1.94. The number of para-hydroxylation sites is 1. The van der Waals surface area contributed by atoms with Crippen LogP contribution in [-0.2, 0) is 0 Å². The van der Waals surface area contributed by atoms with E-state index in [1.807, 2.05) is 24.3 Å². The molecule has 2 aromatic carbocycles. The van der Waals surface area contributed by atoms with Gasteiger partial charge in [-0.2, -0.15) is 0 Å². The van der Waals surface area contributed by atoms with Gasteiger partial charge in [-0.3, -0.25) is 0 Å². The summed E-state index contributed by atoms with van der Waals surface area (Å²) in [6, 6.07) is 10.7. The molecule has 2 nitrogen and oxygen atoms in total. The lowest BCUT2D eigenvalue weighted by molar-refractivity contribution is 0.114. The molecule has 0 spiro atoms. The van der Waals surface area contributed by atoms with Crippen molar-refractivity contribution in [2.24, 2.45) is 0 Å². The van der Waals surface area contributed by atoms with Crippen LogP contribution < -0.4 is 4.74 Å². The second-order valence-electron chi connectivity index (χ2n) is 4.89. The van der Waals surface area contributed by atoms with Gasteiger partial charge in [0.05, 0.1) is 12.7 Å². The van der Waals surface area contributed by atoms with Crippen LogP contribution in [-0.4, -0.2) is 11.7 Å². The normalized spacial score (nSPS) is 19.1. The van der Waals surface area contributed by atoms with Crippen molar-refractivity contribution in [1.29, 1.82) is 0 Å². The van der Waals surface area contributed by atoms with Crippen molar-refractivity contribution in [3.63, 3.8) is 0 Å². The molecule has 0 radical (unpaired) electrons. The molecule has 0 aromatic heterocycles. The van der Waals surface area contributed by atoms with Crippen molar-refractivity contribution in [3.05, 3.63) is 65.2 Å². The van der Waals surface area contributed by atoms with Crippen molar-refractivity contribution in [2.75, 3.05) is 6.61 Å². The van der Waals surface area contributed by atoms with E-state index in [9.17, 15) is 13.9 Å². The summed E-state index contributed by atoms with van der Waals surface area (Å²) in [6.07, 6.45) is -0.421. The third-order valence-electron chi connectivity index (χ3n) is 3.67. The second-order valence-corrected chi connectivity index (χ2v) is 4.89. The highest BCUT2D eigenvalue weighted by Crippen LogP contribution is 2.41. The Balaban J connectivity index is 1.97. The smallest absolute Gasteiger partial charge is 0.131 e. The Labute approximate surface area is 115 Å². The maximum absolute atomic E-state index is 13.8. The maximum atomic E-state index is 13.8.